The van der Waals surface area contributed by atoms with Gasteiger partial charge in [-0.2, -0.15) is 18.3 Å². The van der Waals surface area contributed by atoms with Gasteiger partial charge in [-0.15, -0.1) is 11.3 Å². The number of alkyl halides is 3. The van der Waals surface area contributed by atoms with Crippen molar-refractivity contribution < 1.29 is 27.9 Å². The molecule has 0 saturated carbocycles. The molecule has 1 aliphatic heterocycles. The summed E-state index contributed by atoms with van der Waals surface area (Å²) in [5.41, 5.74) is -2.12. The Morgan fingerprint density at radius 3 is 2.60 bits per heavy atom. The molecular formula is C21H24F3N5O5S. The minimum absolute atomic E-state index is 0.0635. The van der Waals surface area contributed by atoms with Crippen LogP contribution in [0, 0.1) is 12.8 Å². The third kappa shape index (κ3) is 4.41. The van der Waals surface area contributed by atoms with Gasteiger partial charge in [-0.25, -0.2) is 9.86 Å². The number of carbonyl (C=O) groups excluding carboxylic acids is 1. The Morgan fingerprint density at radius 2 is 2.03 bits per heavy atom. The first-order valence-corrected chi connectivity index (χ1v) is 11.6. The second kappa shape index (κ2) is 8.91. The predicted octanol–water partition coefficient (Wildman–Crippen LogP) is 1.80. The third-order valence-corrected chi connectivity index (χ3v) is 7.16. The van der Waals surface area contributed by atoms with Crippen molar-refractivity contribution in [2.24, 2.45) is 13.0 Å². The van der Waals surface area contributed by atoms with Gasteiger partial charge in [0.1, 0.15) is 11.4 Å². The fourth-order valence-electron chi connectivity index (χ4n) is 4.28. The number of nitrogens with one attached hydrogen (secondary N) is 2. The molecule has 1 amide bonds. The smallest absolute Gasteiger partial charge is 0.389 e. The van der Waals surface area contributed by atoms with Crippen molar-refractivity contribution in [3.63, 3.8) is 0 Å². The van der Waals surface area contributed by atoms with E-state index in [9.17, 15) is 32.7 Å². The molecule has 1 fully saturated rings. The zero-order valence-electron chi connectivity index (χ0n) is 19.3. The van der Waals surface area contributed by atoms with E-state index in [4.69, 9.17) is 4.84 Å². The normalized spacial score (nSPS) is 17.6. The second-order valence-corrected chi connectivity index (χ2v) is 9.96. The molecule has 4 heterocycles. The zero-order valence-corrected chi connectivity index (χ0v) is 20.1. The highest BCUT2D eigenvalue weighted by atomic mass is 32.1. The van der Waals surface area contributed by atoms with Crippen LogP contribution in [0.2, 0.25) is 0 Å². The average Bonchev–Trinajstić information content (AvgIpc) is 3.44. The van der Waals surface area contributed by atoms with Crippen LogP contribution in [0.1, 0.15) is 47.2 Å². The molecule has 2 atom stereocenters. The highest BCUT2D eigenvalue weighted by Gasteiger charge is 2.40. The molecule has 3 N–H and O–H groups in total. The highest BCUT2D eigenvalue weighted by Crippen LogP contribution is 2.41. The lowest BCUT2D eigenvalue weighted by atomic mass is 9.85. The number of hydroxylamine groups is 2. The number of aliphatic hydroxyl groups is 1. The number of aromatic nitrogens is 4. The summed E-state index contributed by atoms with van der Waals surface area (Å²) in [6, 6.07) is 0. The van der Waals surface area contributed by atoms with Crippen molar-refractivity contribution in [2.75, 3.05) is 13.2 Å². The van der Waals surface area contributed by atoms with E-state index < -0.39 is 47.0 Å². The first-order chi connectivity index (χ1) is 16.3. The molecule has 3 aromatic heterocycles. The Bertz CT molecular complexity index is 1400. The first kappa shape index (κ1) is 25.1. The maximum Gasteiger partial charge on any atom is 0.435 e. The Hall–Kier alpha value is -2.97. The van der Waals surface area contributed by atoms with Crippen LogP contribution in [0.15, 0.2) is 9.59 Å². The summed E-state index contributed by atoms with van der Waals surface area (Å²) in [7, 11) is 1.27. The molecular weight excluding hydrogens is 491 g/mol. The van der Waals surface area contributed by atoms with Gasteiger partial charge in [0, 0.05) is 29.6 Å². The number of aryl methyl sites for hydroxylation is 1. The summed E-state index contributed by atoms with van der Waals surface area (Å²) in [5, 5.41) is 16.7. The number of rotatable bonds is 5. The van der Waals surface area contributed by atoms with Gasteiger partial charge in [0.25, 0.3) is 11.5 Å². The number of halogens is 3. The standard InChI is InChI=1S/C21H24F3N5O5S/c1-8(2)13(19(32)29-6-10(30)7-34-29)14-12(5-11-9(3)26-27-16(11)21(22,23)24)35-17-15(14)18(31)28(4)20(33)25-17/h8,10,13,30H,5-7H2,1-4H3,(H,25,33)(H,26,27)/t10-,13?/m0/s1. The number of thiophene rings is 1. The van der Waals surface area contributed by atoms with Gasteiger partial charge >= 0.3 is 11.9 Å². The van der Waals surface area contributed by atoms with Crippen LogP contribution in [0.25, 0.3) is 10.2 Å². The maximum absolute atomic E-state index is 13.6. The molecule has 0 bridgehead atoms. The molecule has 0 aromatic carbocycles. The van der Waals surface area contributed by atoms with Crippen molar-refractivity contribution in [1.29, 1.82) is 0 Å². The number of hydrogen-bond acceptors (Lipinski definition) is 7. The van der Waals surface area contributed by atoms with Gasteiger partial charge in [-0.1, -0.05) is 13.8 Å². The van der Waals surface area contributed by atoms with E-state index in [1.807, 2.05) is 0 Å². The summed E-state index contributed by atoms with van der Waals surface area (Å²) >= 11 is 0.955. The van der Waals surface area contributed by atoms with Gasteiger partial charge in [0.05, 0.1) is 24.0 Å². The van der Waals surface area contributed by atoms with E-state index in [1.54, 1.807) is 13.8 Å². The van der Waals surface area contributed by atoms with E-state index >= 15 is 0 Å². The third-order valence-electron chi connectivity index (χ3n) is 6.03. The number of aliphatic hydroxyl groups excluding tert-OH is 1. The van der Waals surface area contributed by atoms with Gasteiger partial charge < -0.3 is 5.11 Å². The highest BCUT2D eigenvalue weighted by molar-refractivity contribution is 7.18. The number of H-pyrrole nitrogens is 2. The van der Waals surface area contributed by atoms with Crippen molar-refractivity contribution in [3.05, 3.63) is 48.2 Å². The summed E-state index contributed by atoms with van der Waals surface area (Å²) < 4.78 is 41.7. The van der Waals surface area contributed by atoms with Crippen LogP contribution in [0.3, 0.4) is 0 Å². The molecule has 10 nitrogen and oxygen atoms in total. The lowest BCUT2D eigenvalue weighted by Gasteiger charge is -2.25. The molecule has 0 aliphatic carbocycles. The molecule has 0 radical (unpaired) electrons. The van der Waals surface area contributed by atoms with E-state index in [-0.39, 0.29) is 46.6 Å². The molecule has 14 heteroatoms. The lowest BCUT2D eigenvalue weighted by Crippen LogP contribution is -2.37. The Balaban J connectivity index is 1.96. The summed E-state index contributed by atoms with van der Waals surface area (Å²) in [6.45, 7) is 4.78. The van der Waals surface area contributed by atoms with Crippen LogP contribution in [-0.2, 0) is 29.3 Å². The van der Waals surface area contributed by atoms with Gasteiger partial charge in [-0.05, 0) is 18.4 Å². The molecule has 35 heavy (non-hydrogen) atoms. The number of amides is 1. The number of β-amino-alcohol motifs (C(OH)–C–C–N with tert-alkyl or cyclic N) is 1. The largest absolute Gasteiger partial charge is 0.435 e. The fourth-order valence-corrected chi connectivity index (χ4v) is 5.52. The monoisotopic (exact) mass is 515 g/mol. The minimum Gasteiger partial charge on any atom is -0.389 e. The Morgan fingerprint density at radius 1 is 1.34 bits per heavy atom. The van der Waals surface area contributed by atoms with Gasteiger partial charge in [0.15, 0.2) is 5.69 Å². The number of carbonyl (C=O) groups is 1. The quantitative estimate of drug-likeness (QED) is 0.475. The molecule has 190 valence electrons. The van der Waals surface area contributed by atoms with Crippen molar-refractivity contribution in [2.45, 2.75) is 45.4 Å². The summed E-state index contributed by atoms with van der Waals surface area (Å²) in [4.78, 5) is 47.3. The van der Waals surface area contributed by atoms with Crippen molar-refractivity contribution >= 4 is 27.5 Å². The Labute approximate surface area is 200 Å². The zero-order chi connectivity index (χ0) is 25.8. The molecule has 3 aromatic rings. The molecule has 1 unspecified atom stereocenters. The lowest BCUT2D eigenvalue weighted by molar-refractivity contribution is -0.171. The van der Waals surface area contributed by atoms with Crippen LogP contribution in [0.5, 0.6) is 0 Å². The van der Waals surface area contributed by atoms with E-state index in [0.29, 0.717) is 4.88 Å². The average molecular weight is 516 g/mol. The van der Waals surface area contributed by atoms with Crippen LogP contribution in [0.4, 0.5) is 13.2 Å². The topological polar surface area (TPSA) is 133 Å². The summed E-state index contributed by atoms with van der Waals surface area (Å²) in [5.74, 6) is -1.92. The van der Waals surface area contributed by atoms with Gasteiger partial charge in [0.2, 0.25) is 0 Å². The van der Waals surface area contributed by atoms with E-state index in [2.05, 4.69) is 15.2 Å². The number of fused-ring (bicyclic) bond motifs is 1. The number of hydrogen-bond donors (Lipinski definition) is 3. The molecule has 1 aliphatic rings. The molecule has 4 rings (SSSR count). The van der Waals surface area contributed by atoms with Crippen LogP contribution >= 0.6 is 11.3 Å². The minimum atomic E-state index is -4.71. The van der Waals surface area contributed by atoms with Crippen LogP contribution < -0.4 is 11.2 Å². The van der Waals surface area contributed by atoms with E-state index in [1.165, 1.54) is 14.0 Å². The molecule has 0 spiro atoms. The predicted molar refractivity (Wildman–Crippen MR) is 120 cm³/mol. The number of nitrogens with zero attached hydrogens (tertiary/aromatic N) is 3. The van der Waals surface area contributed by atoms with E-state index in [0.717, 1.165) is 21.0 Å². The van der Waals surface area contributed by atoms with Crippen molar-refractivity contribution in [1.82, 2.24) is 24.8 Å². The van der Waals surface area contributed by atoms with Crippen LogP contribution in [-0.4, -0.2) is 55.1 Å². The Kier molecular flexibility index (Phi) is 6.40. The summed E-state index contributed by atoms with van der Waals surface area (Å²) in [6.07, 6.45) is -5.86. The second-order valence-electron chi connectivity index (χ2n) is 8.86. The maximum atomic E-state index is 13.6. The number of aromatic amines is 2. The molecule has 1 saturated heterocycles. The first-order valence-electron chi connectivity index (χ1n) is 10.8. The SMILES string of the molecule is Cc1[nH]nc(C(F)(F)F)c1Cc1sc2[nH]c(=O)n(C)c(=O)c2c1C(C(=O)N1C[C@H](O)CO1)C(C)C. The van der Waals surface area contributed by atoms with Gasteiger partial charge in [-0.3, -0.25) is 29.1 Å². The van der Waals surface area contributed by atoms with Crippen molar-refractivity contribution in [3.8, 4) is 0 Å². The fraction of sp³-hybridized carbons (Fsp3) is 0.524.